The van der Waals surface area contributed by atoms with Crippen LogP contribution in [0.5, 0.6) is 0 Å². The molecule has 0 spiro atoms. The summed E-state index contributed by atoms with van der Waals surface area (Å²) in [6.07, 6.45) is 3.78. The minimum atomic E-state index is -0.906. The second-order valence-electron chi connectivity index (χ2n) is 8.66. The van der Waals surface area contributed by atoms with Gasteiger partial charge in [0, 0.05) is 11.3 Å². The van der Waals surface area contributed by atoms with Gasteiger partial charge in [0.15, 0.2) is 6.29 Å². The molecule has 0 bridgehead atoms. The van der Waals surface area contributed by atoms with E-state index in [9.17, 15) is 20.4 Å². The summed E-state index contributed by atoms with van der Waals surface area (Å²) in [4.78, 5) is 0. The van der Waals surface area contributed by atoms with Crippen molar-refractivity contribution < 1.29 is 25.2 Å². The smallest absolute Gasteiger partial charge is 0.152 e. The summed E-state index contributed by atoms with van der Waals surface area (Å²) in [5.41, 5.74) is 3.38. The van der Waals surface area contributed by atoms with Crippen molar-refractivity contribution in [1.29, 1.82) is 0 Å². The number of hydrogen-bond donors (Lipinski definition) is 4. The Labute approximate surface area is 149 Å². The van der Waals surface area contributed by atoms with E-state index < -0.39 is 24.6 Å². The third-order valence-electron chi connectivity index (χ3n) is 7.11. The average molecular weight is 350 g/mol. The Morgan fingerprint density at radius 2 is 2.00 bits per heavy atom. The lowest BCUT2D eigenvalue weighted by Gasteiger charge is -2.48. The lowest BCUT2D eigenvalue weighted by Crippen LogP contribution is -2.45. The largest absolute Gasteiger partial charge is 0.390 e. The van der Waals surface area contributed by atoms with Crippen LogP contribution in [0.15, 0.2) is 22.8 Å². The van der Waals surface area contributed by atoms with Gasteiger partial charge < -0.3 is 25.2 Å². The zero-order chi connectivity index (χ0) is 17.9. The summed E-state index contributed by atoms with van der Waals surface area (Å²) in [6.45, 7) is 3.71. The fourth-order valence-electron chi connectivity index (χ4n) is 6.03. The van der Waals surface area contributed by atoms with Gasteiger partial charge in [0.2, 0.25) is 0 Å². The molecule has 1 fully saturated rings. The Kier molecular flexibility index (Phi) is 4.36. The molecule has 1 saturated carbocycles. The van der Waals surface area contributed by atoms with Crippen LogP contribution >= 0.6 is 0 Å². The first-order chi connectivity index (χ1) is 11.8. The molecule has 0 saturated heterocycles. The molecule has 140 valence electrons. The summed E-state index contributed by atoms with van der Waals surface area (Å²) in [7, 11) is 0. The van der Waals surface area contributed by atoms with E-state index in [2.05, 4.69) is 6.92 Å². The van der Waals surface area contributed by atoms with Crippen LogP contribution in [0.4, 0.5) is 0 Å². The first-order valence-electron chi connectivity index (χ1n) is 9.62. The number of ether oxygens (including phenoxy) is 1. The molecule has 0 radical (unpaired) electrons. The minimum absolute atomic E-state index is 0.0957. The molecule has 8 atom stereocenters. The van der Waals surface area contributed by atoms with Crippen molar-refractivity contribution in [3.8, 4) is 0 Å². The summed E-state index contributed by atoms with van der Waals surface area (Å²) < 4.78 is 5.69. The highest BCUT2D eigenvalue weighted by atomic mass is 16.6. The molecule has 4 rings (SSSR count). The highest BCUT2D eigenvalue weighted by Crippen LogP contribution is 2.60. The molecule has 0 amide bonds. The van der Waals surface area contributed by atoms with Gasteiger partial charge in [-0.1, -0.05) is 24.1 Å². The van der Waals surface area contributed by atoms with Gasteiger partial charge in [-0.25, -0.2) is 0 Å². The number of hydrogen-bond acceptors (Lipinski definition) is 5. The number of rotatable bonds is 2. The molecular weight excluding hydrogens is 320 g/mol. The van der Waals surface area contributed by atoms with Gasteiger partial charge in [-0.15, -0.1) is 0 Å². The predicted octanol–water partition coefficient (Wildman–Crippen LogP) is 1.65. The van der Waals surface area contributed by atoms with E-state index in [0.717, 1.165) is 31.3 Å². The second kappa shape index (κ2) is 6.17. The minimum Gasteiger partial charge on any atom is -0.390 e. The normalized spacial score (nSPS) is 47.7. The first kappa shape index (κ1) is 17.7. The lowest BCUT2D eigenvalue weighted by molar-refractivity contribution is -0.179. The molecule has 4 N–H and O–H groups in total. The molecule has 0 aromatic heterocycles. The molecule has 4 aliphatic carbocycles. The van der Waals surface area contributed by atoms with Crippen LogP contribution in [-0.4, -0.2) is 51.1 Å². The Balaban J connectivity index is 1.71. The number of aliphatic hydroxyl groups is 4. The third kappa shape index (κ3) is 2.72. The van der Waals surface area contributed by atoms with E-state index in [-0.39, 0.29) is 17.4 Å². The van der Waals surface area contributed by atoms with E-state index in [4.69, 9.17) is 4.74 Å². The molecule has 25 heavy (non-hydrogen) atoms. The van der Waals surface area contributed by atoms with Crippen molar-refractivity contribution in [1.82, 2.24) is 0 Å². The molecule has 4 aliphatic rings. The lowest BCUT2D eigenvalue weighted by atomic mass is 9.58. The van der Waals surface area contributed by atoms with Crippen LogP contribution in [0.3, 0.4) is 0 Å². The van der Waals surface area contributed by atoms with Crippen molar-refractivity contribution >= 4 is 0 Å². The highest BCUT2D eigenvalue weighted by Gasteiger charge is 2.57. The van der Waals surface area contributed by atoms with Gasteiger partial charge in [0.05, 0.1) is 24.4 Å². The van der Waals surface area contributed by atoms with Crippen molar-refractivity contribution in [2.24, 2.45) is 17.3 Å². The molecule has 0 aliphatic heterocycles. The quantitative estimate of drug-likeness (QED) is 0.449. The molecule has 0 aromatic carbocycles. The van der Waals surface area contributed by atoms with Crippen LogP contribution in [0.25, 0.3) is 0 Å². The topological polar surface area (TPSA) is 90.2 Å². The number of fused-ring (bicyclic) bond motifs is 4. The Morgan fingerprint density at radius 3 is 2.72 bits per heavy atom. The highest BCUT2D eigenvalue weighted by molar-refractivity contribution is 5.41. The average Bonchev–Trinajstić information content (AvgIpc) is 2.78. The van der Waals surface area contributed by atoms with Crippen LogP contribution in [0.2, 0.25) is 0 Å². The summed E-state index contributed by atoms with van der Waals surface area (Å²) in [6, 6.07) is 0. The summed E-state index contributed by atoms with van der Waals surface area (Å²) in [5.74, 6) is 0.443. The van der Waals surface area contributed by atoms with Crippen molar-refractivity contribution in [2.45, 2.75) is 83.1 Å². The van der Waals surface area contributed by atoms with E-state index in [1.165, 1.54) is 11.1 Å². The van der Waals surface area contributed by atoms with Gasteiger partial charge in [-0.2, -0.15) is 0 Å². The van der Waals surface area contributed by atoms with Crippen molar-refractivity contribution in [3.05, 3.63) is 22.8 Å². The zero-order valence-electron chi connectivity index (χ0n) is 15.1. The maximum atomic E-state index is 10.9. The molecule has 5 heteroatoms. The molecule has 0 heterocycles. The fraction of sp³-hybridized carbons (Fsp3) is 0.800. The summed E-state index contributed by atoms with van der Waals surface area (Å²) >= 11 is 0. The zero-order valence-corrected chi connectivity index (χ0v) is 15.1. The number of allylic oxidation sites excluding steroid dienone is 1. The van der Waals surface area contributed by atoms with Crippen LogP contribution in [0.1, 0.15) is 52.4 Å². The molecule has 0 aromatic rings. The van der Waals surface area contributed by atoms with Gasteiger partial charge in [-0.3, -0.25) is 0 Å². The van der Waals surface area contributed by atoms with Gasteiger partial charge in [-0.05, 0) is 56.9 Å². The van der Waals surface area contributed by atoms with Crippen molar-refractivity contribution in [2.75, 3.05) is 0 Å². The molecule has 5 nitrogen and oxygen atoms in total. The standard InChI is InChI=1S/C20H30O5/c1-10(21)25-19-17(24)9-15-18-14(5-6-20(15,19)2)13-4-3-12(22)7-11(13)8-16(18)23/h7,10,12-13,15-17,19,21-24H,3-6,8-9H2,1-2H3/t10?,12-,13?,15?,16-,17+,19-,20-/m0/s1. The van der Waals surface area contributed by atoms with E-state index in [1.54, 1.807) is 6.92 Å². The third-order valence-corrected chi connectivity index (χ3v) is 7.11. The fourth-order valence-corrected chi connectivity index (χ4v) is 6.03. The Morgan fingerprint density at radius 1 is 1.24 bits per heavy atom. The van der Waals surface area contributed by atoms with Gasteiger partial charge in [0.1, 0.15) is 0 Å². The molecule has 3 unspecified atom stereocenters. The first-order valence-corrected chi connectivity index (χ1v) is 9.62. The van der Waals surface area contributed by atoms with Crippen LogP contribution in [0, 0.1) is 17.3 Å². The van der Waals surface area contributed by atoms with Crippen LogP contribution < -0.4 is 0 Å². The monoisotopic (exact) mass is 350 g/mol. The van der Waals surface area contributed by atoms with Crippen molar-refractivity contribution in [3.63, 3.8) is 0 Å². The second-order valence-corrected chi connectivity index (χ2v) is 8.66. The van der Waals surface area contributed by atoms with E-state index in [0.29, 0.717) is 18.8 Å². The SMILES string of the molecule is CC(O)O[C@H]1[C@H](O)CC2C3=C(CC[C@@]21C)C1CC[C@H](O)C=C1C[C@@H]3O. The Bertz CT molecular complexity index is 609. The predicted molar refractivity (Wildman–Crippen MR) is 92.5 cm³/mol. The summed E-state index contributed by atoms with van der Waals surface area (Å²) in [5, 5.41) is 41.1. The van der Waals surface area contributed by atoms with E-state index in [1.807, 2.05) is 6.08 Å². The number of aliphatic hydroxyl groups excluding tert-OH is 4. The molecular formula is C20H30O5. The Hall–Kier alpha value is -0.720. The van der Waals surface area contributed by atoms with Gasteiger partial charge in [0.25, 0.3) is 0 Å². The maximum Gasteiger partial charge on any atom is 0.152 e. The van der Waals surface area contributed by atoms with E-state index >= 15 is 0 Å². The van der Waals surface area contributed by atoms with Crippen LogP contribution in [-0.2, 0) is 4.74 Å². The maximum absolute atomic E-state index is 10.9. The van der Waals surface area contributed by atoms with Gasteiger partial charge >= 0.3 is 0 Å².